The number of carbonyl (C=O) groups is 3. The van der Waals surface area contributed by atoms with Crippen molar-refractivity contribution < 1.29 is 27.6 Å². The Balaban J connectivity index is 1.26. The van der Waals surface area contributed by atoms with Crippen LogP contribution in [-0.2, 0) is 20.6 Å². The number of thiazole rings is 1. The molecule has 0 unspecified atom stereocenters. The molecule has 2 aliphatic rings. The highest BCUT2D eigenvalue weighted by atomic mass is 32.2. The van der Waals surface area contributed by atoms with Gasteiger partial charge in [-0.1, -0.05) is 30.7 Å². The number of rotatable bonds is 5. The summed E-state index contributed by atoms with van der Waals surface area (Å²) in [6.45, 7) is 0. The minimum Gasteiger partial charge on any atom is -0.325 e. The minimum absolute atomic E-state index is 0.0324. The minimum atomic E-state index is -4.49. The third-order valence-electron chi connectivity index (χ3n) is 6.25. The number of alkyl halides is 3. The Morgan fingerprint density at radius 1 is 1.09 bits per heavy atom. The van der Waals surface area contributed by atoms with Crippen LogP contribution in [0.15, 0.2) is 46.8 Å². The highest BCUT2D eigenvalue weighted by Gasteiger charge is 2.48. The average molecular weight is 520 g/mol. The predicted molar refractivity (Wildman–Crippen MR) is 128 cm³/mol. The largest absolute Gasteiger partial charge is 0.416 e. The number of carbonyl (C=O) groups excluding carboxylic acids is 3. The standard InChI is InChI=1S/C24H20F3N3O3S2/c25-24(26,27)13-4-3-5-14(10-13)28-20(31)12-34-23-29-18-9-8-15(11-19(18)35-23)30-21(32)16-6-1-2-7-17(16)22(30)33/h3-5,8-11,16-17H,1-2,6-7,12H2,(H,28,31)/t16-,17-/m0/s1. The Morgan fingerprint density at radius 2 is 1.80 bits per heavy atom. The van der Waals surface area contributed by atoms with Crippen LogP contribution < -0.4 is 10.2 Å². The number of anilines is 2. The quantitative estimate of drug-likeness (QED) is 0.344. The van der Waals surface area contributed by atoms with E-state index in [0.29, 0.717) is 15.5 Å². The van der Waals surface area contributed by atoms with Gasteiger partial charge in [-0.25, -0.2) is 4.98 Å². The number of hydrogen-bond donors (Lipinski definition) is 1. The number of hydrogen-bond acceptors (Lipinski definition) is 6. The summed E-state index contributed by atoms with van der Waals surface area (Å²) in [7, 11) is 0. The van der Waals surface area contributed by atoms with Crippen molar-refractivity contribution in [2.75, 3.05) is 16.0 Å². The lowest BCUT2D eigenvalue weighted by Gasteiger charge is -2.19. The summed E-state index contributed by atoms with van der Waals surface area (Å²) < 4.78 is 40.0. The molecule has 11 heteroatoms. The molecule has 35 heavy (non-hydrogen) atoms. The zero-order chi connectivity index (χ0) is 24.7. The lowest BCUT2D eigenvalue weighted by molar-refractivity contribution is -0.137. The summed E-state index contributed by atoms with van der Waals surface area (Å²) in [5.74, 6) is -1.21. The van der Waals surface area contributed by atoms with Crippen molar-refractivity contribution in [2.24, 2.45) is 11.8 Å². The Morgan fingerprint density at radius 3 is 2.49 bits per heavy atom. The Hall–Kier alpha value is -2.92. The zero-order valence-electron chi connectivity index (χ0n) is 18.3. The SMILES string of the molecule is O=C(CSc1nc2ccc(N3C(=O)[C@H]4CCCC[C@@H]4C3=O)cc2s1)Nc1cccc(C(F)(F)F)c1. The van der Waals surface area contributed by atoms with Crippen molar-refractivity contribution in [3.8, 4) is 0 Å². The van der Waals surface area contributed by atoms with Gasteiger partial charge in [0.05, 0.1) is 39.1 Å². The number of halogens is 3. The first-order chi connectivity index (χ1) is 16.7. The van der Waals surface area contributed by atoms with Crippen molar-refractivity contribution >= 4 is 62.4 Å². The van der Waals surface area contributed by atoms with Gasteiger partial charge < -0.3 is 5.32 Å². The molecule has 1 saturated carbocycles. The fourth-order valence-corrected chi connectivity index (χ4v) is 6.51. The van der Waals surface area contributed by atoms with Gasteiger partial charge in [0.1, 0.15) is 0 Å². The molecule has 2 heterocycles. The van der Waals surface area contributed by atoms with Gasteiger partial charge in [0.2, 0.25) is 17.7 Å². The first kappa shape index (κ1) is 23.8. The van der Waals surface area contributed by atoms with Gasteiger partial charge in [-0.15, -0.1) is 11.3 Å². The highest BCUT2D eigenvalue weighted by molar-refractivity contribution is 8.01. The maximum Gasteiger partial charge on any atom is 0.416 e. The van der Waals surface area contributed by atoms with Crippen molar-refractivity contribution in [1.82, 2.24) is 4.98 Å². The zero-order valence-corrected chi connectivity index (χ0v) is 19.9. The summed E-state index contributed by atoms with van der Waals surface area (Å²) in [4.78, 5) is 43.8. The number of nitrogens with zero attached hydrogens (tertiary/aromatic N) is 2. The molecule has 1 aromatic heterocycles. The molecule has 1 saturated heterocycles. The second-order valence-corrected chi connectivity index (χ2v) is 10.8. The third kappa shape index (κ3) is 4.79. The van der Waals surface area contributed by atoms with Gasteiger partial charge in [0.15, 0.2) is 4.34 Å². The fourth-order valence-electron chi connectivity index (χ4n) is 4.61. The molecular formula is C24H20F3N3O3S2. The van der Waals surface area contributed by atoms with E-state index in [1.165, 1.54) is 28.4 Å². The smallest absolute Gasteiger partial charge is 0.325 e. The van der Waals surface area contributed by atoms with Gasteiger partial charge in [-0.2, -0.15) is 13.2 Å². The van der Waals surface area contributed by atoms with Crippen LogP contribution in [-0.4, -0.2) is 28.5 Å². The molecule has 1 aliphatic carbocycles. The van der Waals surface area contributed by atoms with Crippen molar-refractivity contribution in [3.05, 3.63) is 48.0 Å². The molecule has 6 nitrogen and oxygen atoms in total. The van der Waals surface area contributed by atoms with E-state index in [9.17, 15) is 27.6 Å². The molecule has 3 amide bonds. The Labute approximate surface area is 206 Å². The van der Waals surface area contributed by atoms with Crippen LogP contribution in [0.1, 0.15) is 31.2 Å². The van der Waals surface area contributed by atoms with E-state index in [2.05, 4.69) is 10.3 Å². The molecule has 2 aromatic carbocycles. The second kappa shape index (κ2) is 9.27. The van der Waals surface area contributed by atoms with Crippen molar-refractivity contribution in [3.63, 3.8) is 0 Å². The highest BCUT2D eigenvalue weighted by Crippen LogP contribution is 2.41. The molecule has 2 atom stereocenters. The maximum absolute atomic E-state index is 12.9. The van der Waals surface area contributed by atoms with E-state index >= 15 is 0 Å². The lowest BCUT2D eigenvalue weighted by atomic mass is 9.81. The van der Waals surface area contributed by atoms with Gasteiger partial charge in [-0.3, -0.25) is 19.3 Å². The lowest BCUT2D eigenvalue weighted by Crippen LogP contribution is -2.30. The number of aromatic nitrogens is 1. The number of nitrogens with one attached hydrogen (secondary N) is 1. The van der Waals surface area contributed by atoms with Crippen LogP contribution >= 0.6 is 23.1 Å². The number of thioether (sulfide) groups is 1. The van der Waals surface area contributed by atoms with E-state index in [0.717, 1.165) is 54.3 Å². The first-order valence-electron chi connectivity index (χ1n) is 11.1. The van der Waals surface area contributed by atoms with Crippen LogP contribution in [0.3, 0.4) is 0 Å². The number of benzene rings is 2. The molecule has 2 fully saturated rings. The molecule has 0 spiro atoms. The van der Waals surface area contributed by atoms with Crippen LogP contribution in [0.25, 0.3) is 10.2 Å². The van der Waals surface area contributed by atoms with Gasteiger partial charge >= 0.3 is 6.18 Å². The van der Waals surface area contributed by atoms with E-state index in [1.807, 2.05) is 0 Å². The molecule has 5 rings (SSSR count). The molecular weight excluding hydrogens is 499 g/mol. The molecule has 1 aliphatic heterocycles. The average Bonchev–Trinajstić information content (AvgIpc) is 3.35. The van der Waals surface area contributed by atoms with Gasteiger partial charge in [0, 0.05) is 5.69 Å². The van der Waals surface area contributed by atoms with Crippen molar-refractivity contribution in [1.29, 1.82) is 0 Å². The summed E-state index contributed by atoms with van der Waals surface area (Å²) in [6, 6.07) is 9.69. The summed E-state index contributed by atoms with van der Waals surface area (Å²) in [5.41, 5.74) is 0.444. The van der Waals surface area contributed by atoms with Gasteiger partial charge in [-0.05, 0) is 49.2 Å². The first-order valence-corrected chi connectivity index (χ1v) is 12.9. The van der Waals surface area contributed by atoms with Crippen LogP contribution in [0.5, 0.6) is 0 Å². The van der Waals surface area contributed by atoms with Crippen LogP contribution in [0, 0.1) is 11.8 Å². The third-order valence-corrected chi connectivity index (χ3v) is 8.41. The maximum atomic E-state index is 12.9. The summed E-state index contributed by atoms with van der Waals surface area (Å²) in [5, 5.41) is 2.47. The van der Waals surface area contributed by atoms with Gasteiger partial charge in [0.25, 0.3) is 0 Å². The van der Waals surface area contributed by atoms with E-state index in [4.69, 9.17) is 0 Å². The van der Waals surface area contributed by atoms with E-state index < -0.39 is 17.6 Å². The molecule has 182 valence electrons. The van der Waals surface area contributed by atoms with Crippen LogP contribution in [0.2, 0.25) is 0 Å². The van der Waals surface area contributed by atoms with E-state index in [1.54, 1.807) is 18.2 Å². The monoisotopic (exact) mass is 519 g/mol. The van der Waals surface area contributed by atoms with Crippen LogP contribution in [0.4, 0.5) is 24.5 Å². The predicted octanol–water partition coefficient (Wildman–Crippen LogP) is 5.73. The van der Waals surface area contributed by atoms with E-state index in [-0.39, 0.29) is 35.1 Å². The molecule has 0 radical (unpaired) electrons. The second-order valence-electron chi connectivity index (χ2n) is 8.56. The Kier molecular flexibility index (Phi) is 6.30. The molecule has 0 bridgehead atoms. The van der Waals surface area contributed by atoms with Crippen molar-refractivity contribution in [2.45, 2.75) is 36.2 Å². The normalized spacial score (nSPS) is 20.4. The molecule has 3 aromatic rings. The number of imide groups is 1. The fraction of sp³-hybridized carbons (Fsp3) is 0.333. The topological polar surface area (TPSA) is 79.4 Å². The molecule has 1 N–H and O–H groups in total. The number of fused-ring (bicyclic) bond motifs is 2. The summed E-state index contributed by atoms with van der Waals surface area (Å²) in [6.07, 6.45) is -1.07. The summed E-state index contributed by atoms with van der Waals surface area (Å²) >= 11 is 2.49. The Bertz CT molecular complexity index is 1300. The number of amides is 3.